The van der Waals surface area contributed by atoms with E-state index in [0.29, 0.717) is 13.2 Å². The summed E-state index contributed by atoms with van der Waals surface area (Å²) in [6.45, 7) is 3.28. The lowest BCUT2D eigenvalue weighted by Gasteiger charge is -2.09. The summed E-state index contributed by atoms with van der Waals surface area (Å²) < 4.78 is 10.5. The van der Waals surface area contributed by atoms with Crippen molar-refractivity contribution in [2.24, 2.45) is 5.73 Å². The minimum atomic E-state index is 0.142. The zero-order valence-corrected chi connectivity index (χ0v) is 9.40. The molecule has 1 aromatic rings. The first kappa shape index (κ1) is 12.0. The first-order valence-electron chi connectivity index (χ1n) is 5.22. The molecular weight excluding hydrogens is 190 g/mol. The third kappa shape index (κ3) is 4.32. The van der Waals surface area contributed by atoms with E-state index in [1.54, 1.807) is 7.11 Å². The standard InChI is InChI=1S/C12H19NO2/c1-3-11(13)9-15-8-10-4-6-12(14-2)7-5-10/h4-7,11H,3,8-9,13H2,1-2H3/t11-/m0/s1. The molecule has 0 fully saturated rings. The van der Waals surface area contributed by atoms with Gasteiger partial charge in [0.15, 0.2) is 0 Å². The second-order valence-corrected chi connectivity index (χ2v) is 3.53. The molecule has 2 N–H and O–H groups in total. The van der Waals surface area contributed by atoms with E-state index in [1.807, 2.05) is 24.3 Å². The molecule has 1 atom stereocenters. The van der Waals surface area contributed by atoms with E-state index in [4.69, 9.17) is 15.2 Å². The fourth-order valence-electron chi connectivity index (χ4n) is 1.17. The zero-order valence-electron chi connectivity index (χ0n) is 9.40. The van der Waals surface area contributed by atoms with Gasteiger partial charge < -0.3 is 15.2 Å². The zero-order chi connectivity index (χ0) is 11.1. The molecule has 84 valence electrons. The lowest BCUT2D eigenvalue weighted by atomic mass is 10.2. The van der Waals surface area contributed by atoms with Gasteiger partial charge in [0.2, 0.25) is 0 Å². The molecule has 15 heavy (non-hydrogen) atoms. The predicted octanol–water partition coefficient (Wildman–Crippen LogP) is 1.95. The maximum Gasteiger partial charge on any atom is 0.118 e. The van der Waals surface area contributed by atoms with Crippen LogP contribution in [0.4, 0.5) is 0 Å². The van der Waals surface area contributed by atoms with Gasteiger partial charge in [-0.1, -0.05) is 19.1 Å². The third-order valence-electron chi connectivity index (χ3n) is 2.28. The van der Waals surface area contributed by atoms with Gasteiger partial charge >= 0.3 is 0 Å². The van der Waals surface area contributed by atoms with E-state index in [0.717, 1.165) is 17.7 Å². The van der Waals surface area contributed by atoms with E-state index >= 15 is 0 Å². The molecule has 0 amide bonds. The molecule has 0 aromatic heterocycles. The maximum absolute atomic E-state index is 5.74. The molecule has 0 spiro atoms. The Hall–Kier alpha value is -1.06. The number of hydrogen-bond acceptors (Lipinski definition) is 3. The van der Waals surface area contributed by atoms with Crippen LogP contribution in [0.2, 0.25) is 0 Å². The molecule has 3 nitrogen and oxygen atoms in total. The van der Waals surface area contributed by atoms with E-state index < -0.39 is 0 Å². The highest BCUT2D eigenvalue weighted by Crippen LogP contribution is 2.11. The van der Waals surface area contributed by atoms with Crippen molar-refractivity contribution in [1.29, 1.82) is 0 Å². The minimum Gasteiger partial charge on any atom is -0.497 e. The summed E-state index contributed by atoms with van der Waals surface area (Å²) in [7, 11) is 1.66. The van der Waals surface area contributed by atoms with Crippen molar-refractivity contribution in [3.8, 4) is 5.75 Å². The number of ether oxygens (including phenoxy) is 2. The molecule has 0 saturated heterocycles. The lowest BCUT2D eigenvalue weighted by molar-refractivity contribution is 0.107. The van der Waals surface area contributed by atoms with Gasteiger partial charge in [0.1, 0.15) is 5.75 Å². The lowest BCUT2D eigenvalue weighted by Crippen LogP contribution is -2.24. The Morgan fingerprint density at radius 3 is 2.47 bits per heavy atom. The van der Waals surface area contributed by atoms with E-state index in [1.165, 1.54) is 0 Å². The number of nitrogens with two attached hydrogens (primary N) is 1. The van der Waals surface area contributed by atoms with Crippen molar-refractivity contribution in [3.05, 3.63) is 29.8 Å². The summed E-state index contributed by atoms with van der Waals surface area (Å²) >= 11 is 0. The van der Waals surface area contributed by atoms with Gasteiger partial charge in [-0.25, -0.2) is 0 Å². The van der Waals surface area contributed by atoms with Crippen LogP contribution in [0, 0.1) is 0 Å². The smallest absolute Gasteiger partial charge is 0.118 e. The van der Waals surface area contributed by atoms with Crippen LogP contribution in [-0.2, 0) is 11.3 Å². The Morgan fingerprint density at radius 1 is 1.27 bits per heavy atom. The third-order valence-corrected chi connectivity index (χ3v) is 2.28. The van der Waals surface area contributed by atoms with Gasteiger partial charge in [-0.2, -0.15) is 0 Å². The number of hydrogen-bond donors (Lipinski definition) is 1. The van der Waals surface area contributed by atoms with Gasteiger partial charge in [-0.15, -0.1) is 0 Å². The largest absolute Gasteiger partial charge is 0.497 e. The average Bonchev–Trinajstić information content (AvgIpc) is 2.29. The Balaban J connectivity index is 2.31. The van der Waals surface area contributed by atoms with Crippen molar-refractivity contribution >= 4 is 0 Å². The van der Waals surface area contributed by atoms with Crippen LogP contribution in [0.1, 0.15) is 18.9 Å². The molecule has 0 aliphatic rings. The van der Waals surface area contributed by atoms with Crippen LogP contribution in [0.15, 0.2) is 24.3 Å². The molecule has 0 saturated carbocycles. The SMILES string of the molecule is CC[C@H](N)COCc1ccc(OC)cc1. The van der Waals surface area contributed by atoms with Crippen LogP contribution in [0.5, 0.6) is 5.75 Å². The first-order valence-corrected chi connectivity index (χ1v) is 5.22. The van der Waals surface area contributed by atoms with Gasteiger partial charge in [-0.05, 0) is 24.1 Å². The Morgan fingerprint density at radius 2 is 1.93 bits per heavy atom. The van der Waals surface area contributed by atoms with E-state index in [2.05, 4.69) is 6.92 Å². The molecule has 3 heteroatoms. The summed E-state index contributed by atoms with van der Waals surface area (Å²) in [4.78, 5) is 0. The molecule has 1 aromatic carbocycles. The molecule has 0 unspecified atom stereocenters. The van der Waals surface area contributed by atoms with Gasteiger partial charge in [0.05, 0.1) is 20.3 Å². The van der Waals surface area contributed by atoms with Crippen LogP contribution in [0.25, 0.3) is 0 Å². The molecule has 0 heterocycles. The topological polar surface area (TPSA) is 44.5 Å². The van der Waals surface area contributed by atoms with Crippen molar-refractivity contribution < 1.29 is 9.47 Å². The monoisotopic (exact) mass is 209 g/mol. The van der Waals surface area contributed by atoms with Crippen LogP contribution < -0.4 is 10.5 Å². The average molecular weight is 209 g/mol. The van der Waals surface area contributed by atoms with E-state index in [-0.39, 0.29) is 6.04 Å². The molecule has 1 rings (SSSR count). The number of benzene rings is 1. The van der Waals surface area contributed by atoms with Crippen molar-refractivity contribution in [1.82, 2.24) is 0 Å². The highest BCUT2D eigenvalue weighted by Gasteiger charge is 1.99. The number of rotatable bonds is 6. The molecule has 0 aliphatic heterocycles. The summed E-state index contributed by atoms with van der Waals surface area (Å²) in [5.74, 6) is 0.865. The maximum atomic E-state index is 5.74. The van der Waals surface area contributed by atoms with Crippen molar-refractivity contribution in [2.45, 2.75) is 26.0 Å². The highest BCUT2D eigenvalue weighted by atomic mass is 16.5. The predicted molar refractivity (Wildman–Crippen MR) is 60.9 cm³/mol. The van der Waals surface area contributed by atoms with Gasteiger partial charge in [-0.3, -0.25) is 0 Å². The van der Waals surface area contributed by atoms with Gasteiger partial charge in [0.25, 0.3) is 0 Å². The van der Waals surface area contributed by atoms with Crippen molar-refractivity contribution in [2.75, 3.05) is 13.7 Å². The Bertz CT molecular complexity index is 271. The molecular formula is C12H19NO2. The van der Waals surface area contributed by atoms with E-state index in [9.17, 15) is 0 Å². The summed E-state index contributed by atoms with van der Waals surface area (Å²) in [6, 6.07) is 7.99. The van der Waals surface area contributed by atoms with Crippen LogP contribution in [0.3, 0.4) is 0 Å². The van der Waals surface area contributed by atoms with Gasteiger partial charge in [0, 0.05) is 6.04 Å². The second kappa shape index (κ2) is 6.43. The summed E-state index contributed by atoms with van der Waals surface area (Å²) in [6.07, 6.45) is 0.947. The van der Waals surface area contributed by atoms with Crippen molar-refractivity contribution in [3.63, 3.8) is 0 Å². The molecule has 0 aliphatic carbocycles. The highest BCUT2D eigenvalue weighted by molar-refractivity contribution is 5.26. The fourth-order valence-corrected chi connectivity index (χ4v) is 1.17. The molecule has 0 bridgehead atoms. The van der Waals surface area contributed by atoms with Crippen LogP contribution >= 0.6 is 0 Å². The summed E-state index contributed by atoms with van der Waals surface area (Å²) in [5, 5.41) is 0. The fraction of sp³-hybridized carbons (Fsp3) is 0.500. The normalized spacial score (nSPS) is 12.5. The number of methoxy groups -OCH3 is 1. The molecule has 0 radical (unpaired) electrons. The first-order chi connectivity index (χ1) is 7.26. The Labute approximate surface area is 91.2 Å². The summed E-state index contributed by atoms with van der Waals surface area (Å²) in [5.41, 5.74) is 6.88. The Kier molecular flexibility index (Phi) is 5.15. The quantitative estimate of drug-likeness (QED) is 0.778. The van der Waals surface area contributed by atoms with Crippen LogP contribution in [-0.4, -0.2) is 19.8 Å². The second-order valence-electron chi connectivity index (χ2n) is 3.53. The minimum absolute atomic E-state index is 0.142.